The minimum absolute atomic E-state index is 0.232. The van der Waals surface area contributed by atoms with Crippen molar-refractivity contribution in [2.45, 2.75) is 84.7 Å². The summed E-state index contributed by atoms with van der Waals surface area (Å²) in [6.45, 7) is 10.2. The zero-order chi connectivity index (χ0) is 18.3. The third kappa shape index (κ3) is 11.6. The van der Waals surface area contributed by atoms with Crippen molar-refractivity contribution in [2.24, 2.45) is 0 Å². The highest BCUT2D eigenvalue weighted by molar-refractivity contribution is 5.66. The summed E-state index contributed by atoms with van der Waals surface area (Å²) in [5.74, 6) is -0.717. The summed E-state index contributed by atoms with van der Waals surface area (Å²) < 4.78 is 0.889. The Morgan fingerprint density at radius 2 is 1.62 bits per heavy atom. The van der Waals surface area contributed by atoms with Crippen LogP contribution in [0.15, 0.2) is 12.2 Å². The predicted octanol–water partition coefficient (Wildman–Crippen LogP) is 4.38. The van der Waals surface area contributed by atoms with Gasteiger partial charge in [-0.1, -0.05) is 38.8 Å². The quantitative estimate of drug-likeness (QED) is 0.249. The van der Waals surface area contributed by atoms with E-state index in [2.05, 4.69) is 26.0 Å². The van der Waals surface area contributed by atoms with Gasteiger partial charge in [-0.2, -0.15) is 0 Å². The molecule has 0 spiro atoms. The second-order valence-corrected chi connectivity index (χ2v) is 7.05. The van der Waals surface area contributed by atoms with Crippen LogP contribution in [0.5, 0.6) is 0 Å². The van der Waals surface area contributed by atoms with E-state index in [1.807, 2.05) is 6.92 Å². The minimum atomic E-state index is -0.717. The summed E-state index contributed by atoms with van der Waals surface area (Å²) in [5, 5.41) is 19.5. The van der Waals surface area contributed by atoms with E-state index in [-0.39, 0.29) is 12.5 Å². The molecular formula is C20H40NO3+. The molecule has 4 nitrogen and oxygen atoms in total. The van der Waals surface area contributed by atoms with Gasteiger partial charge in [0.15, 0.2) is 0 Å². The van der Waals surface area contributed by atoms with E-state index in [9.17, 15) is 9.90 Å². The highest BCUT2D eigenvalue weighted by atomic mass is 16.4. The van der Waals surface area contributed by atoms with Crippen LogP contribution in [-0.4, -0.2) is 52.9 Å². The van der Waals surface area contributed by atoms with E-state index in [1.54, 1.807) is 0 Å². The van der Waals surface area contributed by atoms with Crippen LogP contribution in [0.3, 0.4) is 0 Å². The Morgan fingerprint density at radius 1 is 1.04 bits per heavy atom. The number of hydrogen-bond acceptors (Lipinski definition) is 2. The van der Waals surface area contributed by atoms with Crippen molar-refractivity contribution in [2.75, 3.05) is 26.2 Å². The number of carboxylic acids is 1. The van der Waals surface area contributed by atoms with Crippen LogP contribution in [-0.2, 0) is 4.79 Å². The molecule has 4 heteroatoms. The van der Waals surface area contributed by atoms with Crippen molar-refractivity contribution in [3.63, 3.8) is 0 Å². The molecule has 142 valence electrons. The first-order chi connectivity index (χ1) is 11.5. The molecule has 0 aromatic heterocycles. The number of aliphatic carboxylic acids is 1. The number of aliphatic hydroxyl groups is 1. The normalized spacial score (nSPS) is 13.5. The van der Waals surface area contributed by atoms with E-state index >= 15 is 0 Å². The van der Waals surface area contributed by atoms with Gasteiger partial charge in [-0.25, -0.2) is 0 Å². The van der Waals surface area contributed by atoms with Crippen LogP contribution >= 0.6 is 0 Å². The average Bonchev–Trinajstić information content (AvgIpc) is 2.54. The van der Waals surface area contributed by atoms with Crippen LogP contribution in [0.2, 0.25) is 0 Å². The molecule has 0 amide bonds. The molecule has 0 aliphatic rings. The van der Waals surface area contributed by atoms with Crippen molar-refractivity contribution < 1.29 is 19.5 Å². The summed E-state index contributed by atoms with van der Waals surface area (Å²) >= 11 is 0. The fourth-order valence-electron chi connectivity index (χ4n) is 3.34. The number of carbonyl (C=O) groups is 1. The maximum Gasteiger partial charge on any atom is 0.303 e. The summed E-state index contributed by atoms with van der Waals surface area (Å²) in [5.41, 5.74) is 0. The molecule has 0 aromatic carbocycles. The molecule has 0 saturated carbocycles. The summed E-state index contributed by atoms with van der Waals surface area (Å²) in [7, 11) is 0. The number of aliphatic hydroxyl groups excluding tert-OH is 1. The zero-order valence-electron chi connectivity index (χ0n) is 16.2. The van der Waals surface area contributed by atoms with Crippen LogP contribution < -0.4 is 0 Å². The Kier molecular flexibility index (Phi) is 13.9. The smallest absolute Gasteiger partial charge is 0.303 e. The maximum atomic E-state index is 10.9. The topological polar surface area (TPSA) is 57.5 Å². The van der Waals surface area contributed by atoms with Gasteiger partial charge in [0.05, 0.1) is 26.1 Å². The standard InChI is InChI=1S/C20H39NO3/c1-4-7-10-11-13-19(22)18-21(15-8-5-2,16-9-6-3)17-12-14-20(23)24/h4,7,19,22H,5-6,8-18H2,1-3H3/p+1/b7-4+. The molecule has 0 bridgehead atoms. The van der Waals surface area contributed by atoms with Gasteiger partial charge in [-0.3, -0.25) is 4.79 Å². The molecule has 0 heterocycles. The van der Waals surface area contributed by atoms with Gasteiger partial charge in [-0.15, -0.1) is 0 Å². The molecule has 0 aliphatic heterocycles. The van der Waals surface area contributed by atoms with Crippen LogP contribution in [0.1, 0.15) is 78.6 Å². The lowest BCUT2D eigenvalue weighted by molar-refractivity contribution is -0.931. The first-order valence-corrected chi connectivity index (χ1v) is 9.85. The van der Waals surface area contributed by atoms with Crippen LogP contribution in [0, 0.1) is 0 Å². The van der Waals surface area contributed by atoms with E-state index in [4.69, 9.17) is 5.11 Å². The molecule has 1 atom stereocenters. The molecule has 24 heavy (non-hydrogen) atoms. The Labute approximate surface area is 149 Å². The van der Waals surface area contributed by atoms with Gasteiger partial charge in [0, 0.05) is 6.42 Å². The number of carboxylic acid groups (broad SMARTS) is 1. The molecule has 0 aromatic rings. The summed E-state index contributed by atoms with van der Waals surface area (Å²) in [6, 6.07) is 0. The minimum Gasteiger partial charge on any atom is -0.481 e. The van der Waals surface area contributed by atoms with Crippen LogP contribution in [0.4, 0.5) is 0 Å². The third-order valence-electron chi connectivity index (χ3n) is 4.74. The summed E-state index contributed by atoms with van der Waals surface area (Å²) in [4.78, 5) is 10.9. The number of nitrogens with zero attached hydrogens (tertiary/aromatic N) is 1. The molecule has 2 N–H and O–H groups in total. The first-order valence-electron chi connectivity index (χ1n) is 9.85. The van der Waals surface area contributed by atoms with Gasteiger partial charge in [0.25, 0.3) is 0 Å². The lowest BCUT2D eigenvalue weighted by atomic mass is 10.1. The van der Waals surface area contributed by atoms with Gasteiger partial charge < -0.3 is 14.7 Å². The van der Waals surface area contributed by atoms with E-state index in [1.165, 1.54) is 0 Å². The molecule has 0 radical (unpaired) electrons. The van der Waals surface area contributed by atoms with Crippen LogP contribution in [0.25, 0.3) is 0 Å². The van der Waals surface area contributed by atoms with E-state index in [0.29, 0.717) is 6.42 Å². The van der Waals surface area contributed by atoms with Gasteiger partial charge >= 0.3 is 5.97 Å². The number of rotatable bonds is 16. The summed E-state index contributed by atoms with van der Waals surface area (Å²) in [6.07, 6.45) is 12.3. The average molecular weight is 343 g/mol. The highest BCUT2D eigenvalue weighted by Gasteiger charge is 2.29. The van der Waals surface area contributed by atoms with Crippen molar-refractivity contribution in [3.05, 3.63) is 12.2 Å². The number of allylic oxidation sites excluding steroid dienone is 2. The molecular weight excluding hydrogens is 302 g/mol. The van der Waals surface area contributed by atoms with Gasteiger partial charge in [0.1, 0.15) is 12.6 Å². The largest absolute Gasteiger partial charge is 0.481 e. The van der Waals surface area contributed by atoms with E-state index in [0.717, 1.165) is 75.6 Å². The van der Waals surface area contributed by atoms with Gasteiger partial charge in [0.2, 0.25) is 0 Å². The number of hydrogen-bond donors (Lipinski definition) is 2. The Bertz CT molecular complexity index is 334. The monoisotopic (exact) mass is 342 g/mol. The number of quaternary nitrogens is 1. The zero-order valence-corrected chi connectivity index (χ0v) is 16.2. The molecule has 0 aliphatic carbocycles. The number of unbranched alkanes of at least 4 members (excludes halogenated alkanes) is 3. The Hall–Kier alpha value is -0.870. The fraction of sp³-hybridized carbons (Fsp3) is 0.850. The predicted molar refractivity (Wildman–Crippen MR) is 101 cm³/mol. The Balaban J connectivity index is 4.76. The molecule has 0 saturated heterocycles. The second kappa shape index (κ2) is 14.5. The SMILES string of the molecule is C/C=C/CCCC(O)C[N+](CCCC)(CCCC)CCCC(=O)O. The van der Waals surface area contributed by atoms with E-state index < -0.39 is 5.97 Å². The van der Waals surface area contributed by atoms with Crippen molar-refractivity contribution >= 4 is 5.97 Å². The third-order valence-corrected chi connectivity index (χ3v) is 4.74. The lowest BCUT2D eigenvalue weighted by Crippen LogP contribution is -2.54. The van der Waals surface area contributed by atoms with Crippen molar-refractivity contribution in [1.82, 2.24) is 0 Å². The van der Waals surface area contributed by atoms with Crippen molar-refractivity contribution in [3.8, 4) is 0 Å². The first kappa shape index (κ1) is 23.1. The maximum absolute atomic E-state index is 10.9. The Morgan fingerprint density at radius 3 is 2.12 bits per heavy atom. The van der Waals surface area contributed by atoms with Gasteiger partial charge in [-0.05, 0) is 39.0 Å². The molecule has 0 rings (SSSR count). The lowest BCUT2D eigenvalue weighted by Gasteiger charge is -2.40. The second-order valence-electron chi connectivity index (χ2n) is 7.05. The molecule has 0 fully saturated rings. The highest BCUT2D eigenvalue weighted by Crippen LogP contribution is 2.18. The van der Waals surface area contributed by atoms with Crippen molar-refractivity contribution in [1.29, 1.82) is 0 Å². The molecule has 1 unspecified atom stereocenters. The fourth-order valence-corrected chi connectivity index (χ4v) is 3.34.